The molecule has 122 valence electrons. The van der Waals surface area contributed by atoms with Gasteiger partial charge in [-0.3, -0.25) is 9.89 Å². The normalized spacial score (nSPS) is 17.6. The van der Waals surface area contributed by atoms with E-state index in [1.165, 1.54) is 0 Å². The first-order valence-electron chi connectivity index (χ1n) is 7.53. The number of halogens is 1. The quantitative estimate of drug-likeness (QED) is 0.877. The summed E-state index contributed by atoms with van der Waals surface area (Å²) in [6.07, 6.45) is 0.373. The molecule has 3 rings (SSSR count). The van der Waals surface area contributed by atoms with Crippen LogP contribution < -0.4 is 10.1 Å². The number of rotatable bonds is 2. The molecule has 1 unspecified atom stereocenters. The third kappa shape index (κ3) is 2.81. The van der Waals surface area contributed by atoms with Crippen molar-refractivity contribution in [2.45, 2.75) is 38.5 Å². The molecule has 1 amide bonds. The van der Waals surface area contributed by atoms with Crippen molar-refractivity contribution in [3.63, 3.8) is 0 Å². The number of benzene rings is 1. The van der Waals surface area contributed by atoms with Crippen LogP contribution in [0, 0.1) is 0 Å². The molecule has 6 heteroatoms. The highest BCUT2D eigenvalue weighted by Gasteiger charge is 2.35. The van der Waals surface area contributed by atoms with Gasteiger partial charge in [0.2, 0.25) is 5.91 Å². The minimum Gasteiger partial charge on any atom is -0.495 e. The molecular weight excluding hydrogens is 314 g/mol. The van der Waals surface area contributed by atoms with Gasteiger partial charge in [-0.2, -0.15) is 5.10 Å². The van der Waals surface area contributed by atoms with Gasteiger partial charge >= 0.3 is 0 Å². The van der Waals surface area contributed by atoms with Gasteiger partial charge in [0.25, 0.3) is 0 Å². The van der Waals surface area contributed by atoms with Gasteiger partial charge in [0.05, 0.1) is 12.1 Å². The number of fused-ring (bicyclic) bond motifs is 1. The molecule has 1 aromatic carbocycles. The molecule has 5 nitrogen and oxygen atoms in total. The number of carbonyl (C=O) groups excluding carboxylic acids is 1. The van der Waals surface area contributed by atoms with Crippen LogP contribution in [-0.4, -0.2) is 23.2 Å². The Morgan fingerprint density at radius 2 is 2.09 bits per heavy atom. The van der Waals surface area contributed by atoms with E-state index in [0.717, 1.165) is 16.8 Å². The molecule has 0 aliphatic carbocycles. The van der Waals surface area contributed by atoms with E-state index in [-0.39, 0.29) is 17.2 Å². The Bertz CT molecular complexity index is 762. The SMILES string of the molecule is COc1ccc(C2CC(=O)Nc3n[nH]c(C(C)(C)C)c32)cc1Cl. The molecule has 23 heavy (non-hydrogen) atoms. The number of nitrogens with zero attached hydrogens (tertiary/aromatic N) is 1. The maximum absolute atomic E-state index is 12.1. The first-order valence-corrected chi connectivity index (χ1v) is 7.91. The molecule has 2 heterocycles. The summed E-state index contributed by atoms with van der Waals surface area (Å²) in [6, 6.07) is 5.66. The molecule has 0 saturated heterocycles. The molecule has 1 aromatic heterocycles. The number of hydrogen-bond donors (Lipinski definition) is 2. The lowest BCUT2D eigenvalue weighted by atomic mass is 9.79. The third-order valence-corrected chi connectivity index (χ3v) is 4.42. The minimum absolute atomic E-state index is 0.0404. The number of hydrogen-bond acceptors (Lipinski definition) is 3. The van der Waals surface area contributed by atoms with Crippen LogP contribution in [0.15, 0.2) is 18.2 Å². The van der Waals surface area contributed by atoms with Crippen molar-refractivity contribution in [1.82, 2.24) is 10.2 Å². The van der Waals surface area contributed by atoms with Gasteiger partial charge in [-0.1, -0.05) is 38.4 Å². The lowest BCUT2D eigenvalue weighted by molar-refractivity contribution is -0.116. The molecule has 2 aromatic rings. The molecule has 1 atom stereocenters. The molecule has 0 fully saturated rings. The van der Waals surface area contributed by atoms with Crippen LogP contribution in [0.2, 0.25) is 5.02 Å². The number of carbonyl (C=O) groups is 1. The molecule has 0 radical (unpaired) electrons. The van der Waals surface area contributed by atoms with Crippen LogP contribution >= 0.6 is 11.6 Å². The van der Waals surface area contributed by atoms with E-state index < -0.39 is 0 Å². The van der Waals surface area contributed by atoms with Crippen molar-refractivity contribution >= 4 is 23.3 Å². The van der Waals surface area contributed by atoms with E-state index >= 15 is 0 Å². The third-order valence-electron chi connectivity index (χ3n) is 4.13. The number of H-pyrrole nitrogens is 1. The van der Waals surface area contributed by atoms with Crippen LogP contribution in [0.5, 0.6) is 5.75 Å². The van der Waals surface area contributed by atoms with Gasteiger partial charge in [0.1, 0.15) is 5.75 Å². The maximum atomic E-state index is 12.1. The number of methoxy groups -OCH3 is 1. The lowest BCUT2D eigenvalue weighted by Gasteiger charge is -2.27. The highest BCUT2D eigenvalue weighted by atomic mass is 35.5. The molecular formula is C17H20ClN3O2. The predicted octanol–water partition coefficient (Wildman–Crippen LogP) is 3.84. The van der Waals surface area contributed by atoms with Crippen LogP contribution in [0.1, 0.15) is 49.9 Å². The minimum atomic E-state index is -0.100. The number of aromatic amines is 1. The monoisotopic (exact) mass is 333 g/mol. The van der Waals surface area contributed by atoms with Crippen molar-refractivity contribution in [1.29, 1.82) is 0 Å². The molecule has 0 bridgehead atoms. The Hall–Kier alpha value is -2.01. The Morgan fingerprint density at radius 3 is 2.70 bits per heavy atom. The Labute approximate surface area is 140 Å². The summed E-state index contributed by atoms with van der Waals surface area (Å²) < 4.78 is 5.21. The summed E-state index contributed by atoms with van der Waals surface area (Å²) in [6.45, 7) is 6.36. The average Bonchev–Trinajstić information content (AvgIpc) is 2.90. The van der Waals surface area contributed by atoms with Crippen molar-refractivity contribution in [3.05, 3.63) is 40.0 Å². The van der Waals surface area contributed by atoms with Gasteiger partial charge in [0, 0.05) is 29.0 Å². The largest absolute Gasteiger partial charge is 0.495 e. The molecule has 1 aliphatic rings. The summed E-state index contributed by atoms with van der Waals surface area (Å²) in [5.74, 6) is 1.12. The average molecular weight is 334 g/mol. The van der Waals surface area contributed by atoms with Crippen LogP contribution in [0.25, 0.3) is 0 Å². The van der Waals surface area contributed by atoms with E-state index in [1.807, 2.05) is 18.2 Å². The van der Waals surface area contributed by atoms with Gasteiger partial charge in [-0.15, -0.1) is 0 Å². The zero-order valence-electron chi connectivity index (χ0n) is 13.7. The fourth-order valence-corrected chi connectivity index (χ4v) is 3.28. The number of aromatic nitrogens is 2. The van der Waals surface area contributed by atoms with E-state index in [0.29, 0.717) is 23.0 Å². The lowest BCUT2D eigenvalue weighted by Crippen LogP contribution is -2.25. The number of nitrogens with one attached hydrogen (secondary N) is 2. The molecule has 1 aliphatic heterocycles. The van der Waals surface area contributed by atoms with Gasteiger partial charge < -0.3 is 10.1 Å². The van der Waals surface area contributed by atoms with E-state index in [2.05, 4.69) is 36.3 Å². The summed E-state index contributed by atoms with van der Waals surface area (Å²) in [5.41, 5.74) is 2.96. The highest BCUT2D eigenvalue weighted by molar-refractivity contribution is 6.32. The van der Waals surface area contributed by atoms with E-state index in [9.17, 15) is 4.79 Å². The summed E-state index contributed by atoms with van der Waals surface area (Å²) in [7, 11) is 1.58. The summed E-state index contributed by atoms with van der Waals surface area (Å²) >= 11 is 6.27. The Kier molecular flexibility index (Phi) is 3.84. The van der Waals surface area contributed by atoms with Gasteiger partial charge in [0.15, 0.2) is 5.82 Å². The molecule has 0 saturated carbocycles. The predicted molar refractivity (Wildman–Crippen MR) is 90.4 cm³/mol. The summed E-state index contributed by atoms with van der Waals surface area (Å²) in [4.78, 5) is 12.1. The number of anilines is 1. The Balaban J connectivity index is 2.13. The second-order valence-corrected chi connectivity index (χ2v) is 7.22. The van der Waals surface area contributed by atoms with Crippen molar-refractivity contribution < 1.29 is 9.53 Å². The first kappa shape index (κ1) is 15.9. The standard InChI is InChI=1S/C17H20ClN3O2/c1-17(2,3)15-14-10(8-13(22)19-16(14)21-20-15)9-5-6-12(23-4)11(18)7-9/h5-7,10H,8H2,1-4H3,(H2,19,20,21,22). The van der Waals surface area contributed by atoms with E-state index in [4.69, 9.17) is 16.3 Å². The first-order chi connectivity index (χ1) is 10.8. The fourth-order valence-electron chi connectivity index (χ4n) is 3.01. The van der Waals surface area contributed by atoms with Crippen LogP contribution in [-0.2, 0) is 10.2 Å². The van der Waals surface area contributed by atoms with Crippen molar-refractivity contribution in [3.8, 4) is 5.75 Å². The van der Waals surface area contributed by atoms with Crippen molar-refractivity contribution in [2.24, 2.45) is 0 Å². The zero-order chi connectivity index (χ0) is 16.8. The topological polar surface area (TPSA) is 67.0 Å². The van der Waals surface area contributed by atoms with Gasteiger partial charge in [-0.25, -0.2) is 0 Å². The second kappa shape index (κ2) is 5.57. The maximum Gasteiger partial charge on any atom is 0.226 e. The molecule has 2 N–H and O–H groups in total. The summed E-state index contributed by atoms with van der Waals surface area (Å²) in [5, 5.41) is 10.8. The number of ether oxygens (including phenoxy) is 1. The van der Waals surface area contributed by atoms with E-state index in [1.54, 1.807) is 7.11 Å². The van der Waals surface area contributed by atoms with Crippen LogP contribution in [0.4, 0.5) is 5.82 Å². The Morgan fingerprint density at radius 1 is 1.35 bits per heavy atom. The fraction of sp³-hybridized carbons (Fsp3) is 0.412. The smallest absolute Gasteiger partial charge is 0.226 e. The highest BCUT2D eigenvalue weighted by Crippen LogP contribution is 2.42. The molecule has 0 spiro atoms. The zero-order valence-corrected chi connectivity index (χ0v) is 14.4. The number of amides is 1. The second-order valence-electron chi connectivity index (χ2n) is 6.81. The van der Waals surface area contributed by atoms with Crippen molar-refractivity contribution in [2.75, 3.05) is 12.4 Å². The van der Waals surface area contributed by atoms with Crippen LogP contribution in [0.3, 0.4) is 0 Å². The van der Waals surface area contributed by atoms with Gasteiger partial charge in [-0.05, 0) is 17.7 Å².